The van der Waals surface area contributed by atoms with E-state index >= 15 is 0 Å². The maximum absolute atomic E-state index is 12.4. The van der Waals surface area contributed by atoms with Gasteiger partial charge in [-0.3, -0.25) is 19.6 Å². The number of anilines is 1. The zero-order valence-electron chi connectivity index (χ0n) is 14.4. The summed E-state index contributed by atoms with van der Waals surface area (Å²) in [6.45, 7) is 1.62. The smallest absolute Gasteiger partial charge is 0.322 e. The van der Waals surface area contributed by atoms with Crippen LogP contribution in [0.15, 0.2) is 41.1 Å². The highest BCUT2D eigenvalue weighted by atomic mass is 79.9. The molecule has 3 aromatic rings. The van der Waals surface area contributed by atoms with E-state index in [-0.39, 0.29) is 23.8 Å². The molecule has 1 amide bonds. The first kappa shape index (κ1) is 18.6. The summed E-state index contributed by atoms with van der Waals surface area (Å²) in [6, 6.07) is 7.32. The number of rotatable bonds is 6. The lowest BCUT2D eigenvalue weighted by molar-refractivity contribution is -0.385. The normalized spacial score (nSPS) is 10.6. The number of carbonyl (C=O) groups is 1. The van der Waals surface area contributed by atoms with Gasteiger partial charge in [-0.25, -0.2) is 4.68 Å². The van der Waals surface area contributed by atoms with Gasteiger partial charge >= 0.3 is 5.69 Å². The molecule has 0 atom stereocenters. The number of benzene rings is 1. The summed E-state index contributed by atoms with van der Waals surface area (Å²) in [5.41, 5.74) is 0.108. The van der Waals surface area contributed by atoms with Crippen LogP contribution in [-0.4, -0.2) is 30.4 Å². The Labute approximate surface area is 162 Å². The second-order valence-electron chi connectivity index (χ2n) is 5.61. The van der Waals surface area contributed by atoms with Gasteiger partial charge in [-0.2, -0.15) is 10.2 Å². The van der Waals surface area contributed by atoms with E-state index in [2.05, 4.69) is 31.4 Å². The Morgan fingerprint density at radius 2 is 2.07 bits per heavy atom. The summed E-state index contributed by atoms with van der Waals surface area (Å²) in [5.74, 6) is 0.0263. The van der Waals surface area contributed by atoms with Gasteiger partial charge in [0, 0.05) is 11.5 Å². The largest absolute Gasteiger partial charge is 0.471 e. The van der Waals surface area contributed by atoms with Gasteiger partial charge in [0.05, 0.1) is 23.0 Å². The van der Waals surface area contributed by atoms with Gasteiger partial charge < -0.3 is 10.1 Å². The average Bonchev–Trinajstić information content (AvgIpc) is 3.17. The fourth-order valence-electron chi connectivity index (χ4n) is 2.48. The zero-order chi connectivity index (χ0) is 19.6. The monoisotopic (exact) mass is 434 g/mol. The Hall–Kier alpha value is -3.21. The molecule has 0 radical (unpaired) electrons. The van der Waals surface area contributed by atoms with Crippen LogP contribution in [0.1, 0.15) is 16.2 Å². The van der Waals surface area contributed by atoms with Gasteiger partial charge in [-0.05, 0) is 31.2 Å². The second-order valence-corrected chi connectivity index (χ2v) is 6.53. The third-order valence-corrected chi connectivity index (χ3v) is 4.19. The number of ether oxygens (including phenoxy) is 1. The van der Waals surface area contributed by atoms with Crippen molar-refractivity contribution in [1.29, 1.82) is 0 Å². The summed E-state index contributed by atoms with van der Waals surface area (Å²) in [5, 5.41) is 21.8. The molecule has 0 saturated carbocycles. The molecule has 140 valence electrons. The number of nitro groups is 1. The highest BCUT2D eigenvalue weighted by Crippen LogP contribution is 2.23. The number of aryl methyl sites for hydroxylation is 2. The molecule has 0 unspecified atom stereocenters. The zero-order valence-corrected chi connectivity index (χ0v) is 16.0. The number of aromatic nitrogens is 4. The fraction of sp³-hybridized carbons (Fsp3) is 0.188. The van der Waals surface area contributed by atoms with Crippen LogP contribution in [0.4, 0.5) is 11.4 Å². The van der Waals surface area contributed by atoms with Crippen LogP contribution in [-0.2, 0) is 13.8 Å². The maximum atomic E-state index is 12.4. The molecule has 0 fully saturated rings. The molecule has 0 bridgehead atoms. The van der Waals surface area contributed by atoms with Gasteiger partial charge in [-0.15, -0.1) is 0 Å². The van der Waals surface area contributed by atoms with Crippen molar-refractivity contribution in [2.24, 2.45) is 7.05 Å². The molecule has 0 aliphatic rings. The molecule has 2 aromatic heterocycles. The van der Waals surface area contributed by atoms with Crippen molar-refractivity contribution in [3.63, 3.8) is 0 Å². The van der Waals surface area contributed by atoms with Gasteiger partial charge in [0.25, 0.3) is 5.91 Å². The summed E-state index contributed by atoms with van der Waals surface area (Å²) in [7, 11) is 1.48. The molecule has 0 saturated heterocycles. The molecule has 11 heteroatoms. The lowest BCUT2D eigenvalue weighted by atomic mass is 10.3. The SMILES string of the molecule is Cc1nn(C)c(C(=O)Nc2cnn(COc3ccc(Br)cc3)c2)c1[N+](=O)[O-]. The topological polar surface area (TPSA) is 117 Å². The maximum Gasteiger partial charge on any atom is 0.322 e. The molecular weight excluding hydrogens is 420 g/mol. The number of halogens is 1. The standard InChI is InChI=1S/C16H15BrN6O4/c1-10-14(23(25)26)15(21(2)20-10)16(24)19-12-7-18-22(8-12)9-27-13-5-3-11(17)4-6-13/h3-8H,9H2,1-2H3,(H,19,24). The van der Waals surface area contributed by atoms with Crippen molar-refractivity contribution in [3.8, 4) is 5.75 Å². The van der Waals surface area contributed by atoms with Crippen LogP contribution in [0.2, 0.25) is 0 Å². The number of hydrogen-bond acceptors (Lipinski definition) is 6. The van der Waals surface area contributed by atoms with Crippen LogP contribution in [0.5, 0.6) is 5.75 Å². The number of hydrogen-bond donors (Lipinski definition) is 1. The van der Waals surface area contributed by atoms with Gasteiger partial charge in [0.1, 0.15) is 11.4 Å². The van der Waals surface area contributed by atoms with E-state index in [4.69, 9.17) is 4.74 Å². The molecule has 1 N–H and O–H groups in total. The number of nitrogens with one attached hydrogen (secondary N) is 1. The van der Waals surface area contributed by atoms with E-state index in [9.17, 15) is 14.9 Å². The Kier molecular flexibility index (Phi) is 5.21. The number of carbonyl (C=O) groups excluding carboxylic acids is 1. The predicted octanol–water partition coefficient (Wildman–Crippen LogP) is 2.88. The summed E-state index contributed by atoms with van der Waals surface area (Å²) in [4.78, 5) is 23.0. The highest BCUT2D eigenvalue weighted by molar-refractivity contribution is 9.10. The van der Waals surface area contributed by atoms with Gasteiger partial charge in [0.2, 0.25) is 5.69 Å². The number of amides is 1. The van der Waals surface area contributed by atoms with Crippen LogP contribution >= 0.6 is 15.9 Å². The van der Waals surface area contributed by atoms with Crippen LogP contribution < -0.4 is 10.1 Å². The van der Waals surface area contributed by atoms with Crippen molar-refractivity contribution >= 4 is 33.2 Å². The van der Waals surface area contributed by atoms with E-state index in [1.165, 1.54) is 29.5 Å². The van der Waals surface area contributed by atoms with Gasteiger partial charge in [0.15, 0.2) is 6.73 Å². The van der Waals surface area contributed by atoms with Crippen molar-refractivity contribution in [3.05, 3.63) is 62.6 Å². The van der Waals surface area contributed by atoms with Crippen molar-refractivity contribution in [2.75, 3.05) is 5.32 Å². The molecule has 3 rings (SSSR count). The van der Waals surface area contributed by atoms with Crippen molar-refractivity contribution in [1.82, 2.24) is 19.6 Å². The minimum atomic E-state index is -0.641. The van der Waals surface area contributed by atoms with E-state index in [1.54, 1.807) is 18.3 Å². The Bertz CT molecular complexity index is 995. The molecule has 0 spiro atoms. The molecular formula is C16H15BrN6O4. The minimum Gasteiger partial charge on any atom is -0.471 e. The first-order valence-corrected chi connectivity index (χ1v) is 8.54. The molecule has 0 aliphatic carbocycles. The fourth-order valence-corrected chi connectivity index (χ4v) is 2.74. The molecule has 0 aliphatic heterocycles. The lowest BCUT2D eigenvalue weighted by Gasteiger charge is -2.06. The average molecular weight is 435 g/mol. The molecule has 27 heavy (non-hydrogen) atoms. The number of nitrogens with zero attached hydrogens (tertiary/aromatic N) is 5. The van der Waals surface area contributed by atoms with E-state index in [1.807, 2.05) is 12.1 Å². The molecule has 2 heterocycles. The summed E-state index contributed by atoms with van der Waals surface area (Å²) < 4.78 is 9.20. The van der Waals surface area contributed by atoms with Crippen LogP contribution in [0.25, 0.3) is 0 Å². The Morgan fingerprint density at radius 3 is 2.74 bits per heavy atom. The first-order valence-electron chi connectivity index (χ1n) is 7.75. The lowest BCUT2D eigenvalue weighted by Crippen LogP contribution is -2.17. The second kappa shape index (κ2) is 7.58. The predicted molar refractivity (Wildman–Crippen MR) is 99.5 cm³/mol. The van der Waals surface area contributed by atoms with Crippen molar-refractivity contribution in [2.45, 2.75) is 13.7 Å². The van der Waals surface area contributed by atoms with Crippen molar-refractivity contribution < 1.29 is 14.5 Å². The summed E-state index contributed by atoms with van der Waals surface area (Å²) >= 11 is 3.35. The molecule has 10 nitrogen and oxygen atoms in total. The Balaban J connectivity index is 1.68. The summed E-state index contributed by atoms with van der Waals surface area (Å²) in [6.07, 6.45) is 2.99. The van der Waals surface area contributed by atoms with E-state index < -0.39 is 10.8 Å². The highest BCUT2D eigenvalue weighted by Gasteiger charge is 2.29. The Morgan fingerprint density at radius 1 is 1.37 bits per heavy atom. The van der Waals surface area contributed by atoms with E-state index in [0.29, 0.717) is 11.4 Å². The first-order chi connectivity index (χ1) is 12.8. The quantitative estimate of drug-likeness (QED) is 0.470. The van der Waals surface area contributed by atoms with Crippen LogP contribution in [0.3, 0.4) is 0 Å². The molecule has 1 aromatic carbocycles. The van der Waals surface area contributed by atoms with E-state index in [0.717, 1.165) is 4.47 Å². The minimum absolute atomic E-state index is 0.128. The van der Waals surface area contributed by atoms with Crippen LogP contribution in [0, 0.1) is 17.0 Å². The van der Waals surface area contributed by atoms with Gasteiger partial charge in [-0.1, -0.05) is 15.9 Å². The third-order valence-electron chi connectivity index (χ3n) is 3.66. The third kappa shape index (κ3) is 4.14.